The molecule has 0 bridgehead atoms. The largest absolute Gasteiger partial charge is 0.506 e. The maximum atomic E-state index is 12.6. The molecule has 0 saturated heterocycles. The van der Waals surface area contributed by atoms with Gasteiger partial charge in [0.25, 0.3) is 25.9 Å². The number of nitrogens with zero attached hydrogens (tertiary/aromatic N) is 6. The summed E-state index contributed by atoms with van der Waals surface area (Å²) in [5.41, 5.74) is -2.95. The number of aromatic hydroxyl groups is 2. The lowest BCUT2D eigenvalue weighted by atomic mass is 10.1. The predicted molar refractivity (Wildman–Crippen MR) is 165 cm³/mol. The number of phenolic OH excluding ortho intramolecular Hbond substituents is 2. The highest BCUT2D eigenvalue weighted by molar-refractivity contribution is 7.86. The van der Waals surface area contributed by atoms with E-state index in [-0.39, 0.29) is 52.2 Å². The van der Waals surface area contributed by atoms with Gasteiger partial charge in [0.2, 0.25) is 17.2 Å². The van der Waals surface area contributed by atoms with Crippen molar-refractivity contribution < 1.29 is 46.2 Å². The number of nitro benzene ring substituents is 1. The van der Waals surface area contributed by atoms with Crippen LogP contribution in [0.15, 0.2) is 68.6 Å². The fourth-order valence-corrected chi connectivity index (χ4v) is 6.11. The molecule has 22 heteroatoms. The summed E-state index contributed by atoms with van der Waals surface area (Å²) in [5.74, 6) is -2.14. The third-order valence-corrected chi connectivity index (χ3v) is 8.32. The van der Waals surface area contributed by atoms with E-state index in [1.54, 1.807) is 0 Å². The van der Waals surface area contributed by atoms with Crippen molar-refractivity contribution in [1.82, 2.24) is 15.0 Å². The first kappa shape index (κ1) is 33.1. The molecular formula is C25H19ClN8O11S2. The van der Waals surface area contributed by atoms with E-state index < -0.39 is 68.9 Å². The number of rotatable bonds is 10. The predicted octanol–water partition coefficient (Wildman–Crippen LogP) is 4.21. The molecule has 7 N–H and O–H groups in total. The highest BCUT2D eigenvalue weighted by atomic mass is 35.5. The van der Waals surface area contributed by atoms with Gasteiger partial charge >= 0.3 is 0 Å². The van der Waals surface area contributed by atoms with Crippen LogP contribution in [0.2, 0.25) is 5.28 Å². The van der Waals surface area contributed by atoms with Crippen LogP contribution in [0.3, 0.4) is 0 Å². The number of azo groups is 1. The molecule has 1 heterocycles. The molecule has 5 aromatic rings. The average Bonchev–Trinajstić information content (AvgIpc) is 2.97. The number of halogens is 1. The highest BCUT2D eigenvalue weighted by Gasteiger charge is 2.28. The molecule has 0 aliphatic heterocycles. The number of fused-ring (bicyclic) bond motifs is 2. The Kier molecular flexibility index (Phi) is 8.77. The first-order valence-electron chi connectivity index (χ1n) is 12.7. The summed E-state index contributed by atoms with van der Waals surface area (Å²) < 4.78 is 69.5. The molecule has 0 spiro atoms. The average molecular weight is 707 g/mol. The number of anilines is 3. The number of nitrogens with one attached hydrogen (secondary N) is 2. The summed E-state index contributed by atoms with van der Waals surface area (Å²) in [7, 11) is -10.4. The van der Waals surface area contributed by atoms with Gasteiger partial charge in [-0.1, -0.05) is 24.3 Å². The van der Waals surface area contributed by atoms with Crippen LogP contribution in [0, 0.1) is 10.1 Å². The Hall–Kier alpha value is -5.32. The molecule has 4 aromatic carbocycles. The number of aliphatic hydroxyl groups excluding tert-OH is 1. The smallest absolute Gasteiger partial charge is 0.297 e. The van der Waals surface area contributed by atoms with Gasteiger partial charge < -0.3 is 26.0 Å². The van der Waals surface area contributed by atoms with Gasteiger partial charge in [-0.3, -0.25) is 19.2 Å². The maximum absolute atomic E-state index is 12.6. The van der Waals surface area contributed by atoms with Crippen LogP contribution in [0.1, 0.15) is 0 Å². The maximum Gasteiger partial charge on any atom is 0.297 e. The zero-order valence-corrected chi connectivity index (χ0v) is 25.5. The number of phenols is 2. The molecule has 0 fully saturated rings. The van der Waals surface area contributed by atoms with Crippen LogP contribution in [-0.2, 0) is 20.2 Å². The number of aliphatic hydroxyl groups is 1. The summed E-state index contributed by atoms with van der Waals surface area (Å²) >= 11 is 5.90. The van der Waals surface area contributed by atoms with E-state index in [1.165, 1.54) is 24.3 Å². The van der Waals surface area contributed by atoms with Crippen molar-refractivity contribution >= 4 is 88.0 Å². The van der Waals surface area contributed by atoms with E-state index in [0.29, 0.717) is 0 Å². The number of hydrogen-bond acceptors (Lipinski definition) is 16. The standard InChI is InChI=1S/C25H19ClN8O11S2/c26-23-29-24(27-5-6-35)31-25(30-23)28-15-7-12-8-17(36)19(22(47(43,44)45)14(12)10-16(15)34(38)39)32-33-20-18(46(40,41)42)9-11-3-1-2-4-13(11)21(20)37/h1-4,7-10,35-37H,5-6H2,(H,40,41,42)(H,43,44,45)(H2,27,28,29,30,31). The summed E-state index contributed by atoms with van der Waals surface area (Å²) in [5, 5.41) is 54.2. The van der Waals surface area contributed by atoms with E-state index in [0.717, 1.165) is 24.3 Å². The molecule has 0 atom stereocenters. The first-order chi connectivity index (χ1) is 22.1. The molecule has 0 aliphatic rings. The Bertz CT molecular complexity index is 2360. The van der Waals surface area contributed by atoms with Gasteiger partial charge in [0.05, 0.1) is 11.5 Å². The Morgan fingerprint density at radius 3 is 2.21 bits per heavy atom. The summed E-state index contributed by atoms with van der Waals surface area (Å²) in [6.45, 7) is -0.251. The SMILES string of the molecule is O=[N+]([O-])c1cc2c(S(=O)(=O)O)c(N=Nc3c(S(=O)(=O)O)cc4ccccc4c3O)c(O)cc2cc1Nc1nc(Cl)nc(NCCO)n1. The molecule has 0 radical (unpaired) electrons. The van der Waals surface area contributed by atoms with Gasteiger partial charge in [0.15, 0.2) is 5.75 Å². The summed E-state index contributed by atoms with van der Waals surface area (Å²) in [6.07, 6.45) is 0. The molecule has 1 aromatic heterocycles. The van der Waals surface area contributed by atoms with Crippen LogP contribution in [0.5, 0.6) is 11.5 Å². The molecular weight excluding hydrogens is 688 g/mol. The minimum Gasteiger partial charge on any atom is -0.506 e. The Morgan fingerprint density at radius 1 is 0.872 bits per heavy atom. The molecule has 244 valence electrons. The van der Waals surface area contributed by atoms with Gasteiger partial charge in [0, 0.05) is 23.4 Å². The number of aromatic nitrogens is 3. The second kappa shape index (κ2) is 12.5. The minimum atomic E-state index is -5.37. The third-order valence-electron chi connectivity index (χ3n) is 6.35. The molecule has 0 amide bonds. The van der Waals surface area contributed by atoms with Crippen molar-refractivity contribution in [2.24, 2.45) is 10.2 Å². The minimum absolute atomic E-state index is 0.0326. The van der Waals surface area contributed by atoms with Gasteiger partial charge in [-0.25, -0.2) is 0 Å². The molecule has 0 saturated carbocycles. The molecule has 5 rings (SSSR count). The van der Waals surface area contributed by atoms with E-state index in [4.69, 9.17) is 16.7 Å². The van der Waals surface area contributed by atoms with Crippen LogP contribution < -0.4 is 10.6 Å². The van der Waals surface area contributed by atoms with E-state index in [2.05, 4.69) is 35.8 Å². The van der Waals surface area contributed by atoms with Crippen LogP contribution in [0.25, 0.3) is 21.5 Å². The first-order valence-corrected chi connectivity index (χ1v) is 16.0. The molecule has 19 nitrogen and oxygen atoms in total. The zero-order chi connectivity index (χ0) is 34.3. The quantitative estimate of drug-likeness (QED) is 0.0463. The Balaban J connectivity index is 1.71. The van der Waals surface area contributed by atoms with Gasteiger partial charge in [-0.2, -0.15) is 31.8 Å². The van der Waals surface area contributed by atoms with Crippen LogP contribution >= 0.6 is 11.6 Å². The van der Waals surface area contributed by atoms with Crippen molar-refractivity contribution in [2.45, 2.75) is 9.79 Å². The number of hydrogen-bond donors (Lipinski definition) is 7. The normalized spacial score (nSPS) is 12.2. The second-order valence-electron chi connectivity index (χ2n) is 9.39. The van der Waals surface area contributed by atoms with E-state index in [9.17, 15) is 46.3 Å². The van der Waals surface area contributed by atoms with E-state index in [1.807, 2.05) is 0 Å². The monoisotopic (exact) mass is 706 g/mol. The lowest BCUT2D eigenvalue weighted by molar-refractivity contribution is -0.383. The highest BCUT2D eigenvalue weighted by Crippen LogP contribution is 2.46. The summed E-state index contributed by atoms with van der Waals surface area (Å²) in [4.78, 5) is 20.7. The van der Waals surface area contributed by atoms with Gasteiger partial charge in [-0.05, 0) is 40.6 Å². The topological polar surface area (TPSA) is 300 Å². The Morgan fingerprint density at radius 2 is 1.55 bits per heavy atom. The van der Waals surface area contributed by atoms with Gasteiger partial charge in [0.1, 0.15) is 32.6 Å². The fraction of sp³-hybridized carbons (Fsp3) is 0.0800. The fourth-order valence-electron chi connectivity index (χ4n) is 4.45. The van der Waals surface area contributed by atoms with Crippen molar-refractivity contribution in [3.05, 3.63) is 63.9 Å². The van der Waals surface area contributed by atoms with Crippen molar-refractivity contribution in [1.29, 1.82) is 0 Å². The van der Waals surface area contributed by atoms with Crippen LogP contribution in [0.4, 0.5) is 34.6 Å². The van der Waals surface area contributed by atoms with Crippen molar-refractivity contribution in [3.63, 3.8) is 0 Å². The summed E-state index contributed by atoms with van der Waals surface area (Å²) in [6, 6.07) is 9.45. The van der Waals surface area contributed by atoms with Crippen LogP contribution in [-0.4, -0.2) is 74.3 Å². The molecule has 0 unspecified atom stereocenters. The zero-order valence-electron chi connectivity index (χ0n) is 23.1. The lowest BCUT2D eigenvalue weighted by Gasteiger charge is -2.13. The molecule has 0 aliphatic carbocycles. The molecule has 47 heavy (non-hydrogen) atoms. The Labute approximate surface area is 267 Å². The number of nitro groups is 1. The van der Waals surface area contributed by atoms with E-state index >= 15 is 0 Å². The van der Waals surface area contributed by atoms with Crippen molar-refractivity contribution in [2.75, 3.05) is 23.8 Å². The van der Waals surface area contributed by atoms with Gasteiger partial charge in [-0.15, -0.1) is 10.2 Å². The number of benzene rings is 4. The third kappa shape index (κ3) is 6.79. The second-order valence-corrected chi connectivity index (χ2v) is 12.5. The lowest BCUT2D eigenvalue weighted by Crippen LogP contribution is -2.11. The van der Waals surface area contributed by atoms with Crippen molar-refractivity contribution in [3.8, 4) is 11.5 Å².